The number of hydrogen-bond acceptors (Lipinski definition) is 5. The van der Waals surface area contributed by atoms with E-state index in [1.807, 2.05) is 44.4 Å². The summed E-state index contributed by atoms with van der Waals surface area (Å²) in [7, 11) is 5.79. The molecule has 0 spiro atoms. The van der Waals surface area contributed by atoms with Crippen LogP contribution >= 0.6 is 0 Å². The van der Waals surface area contributed by atoms with Crippen LogP contribution in [0, 0.1) is 5.92 Å². The maximum Gasteiger partial charge on any atom is 0.139 e. The highest BCUT2D eigenvalue weighted by Gasteiger charge is 2.02. The highest BCUT2D eigenvalue weighted by molar-refractivity contribution is 5.90. The van der Waals surface area contributed by atoms with Gasteiger partial charge in [-0.05, 0) is 52.9 Å². The summed E-state index contributed by atoms with van der Waals surface area (Å²) in [5.74, 6) is -0.491. The smallest absolute Gasteiger partial charge is 0.139 e. The van der Waals surface area contributed by atoms with Crippen molar-refractivity contribution in [2.24, 2.45) is 5.92 Å². The zero-order chi connectivity index (χ0) is 19.5. The number of carbonyl (C=O) groups is 3. The Bertz CT molecular complexity index is 446. The highest BCUT2D eigenvalue weighted by atomic mass is 16.5. The van der Waals surface area contributed by atoms with Crippen LogP contribution in [-0.2, 0) is 25.7 Å². The summed E-state index contributed by atoms with van der Waals surface area (Å²) in [6, 6.07) is 10.1. The Kier molecular flexibility index (Phi) is 18.8. The molecular formula is C20H33NO4. The van der Waals surface area contributed by atoms with Gasteiger partial charge in [0.05, 0.1) is 12.5 Å². The molecule has 0 aromatic heterocycles. The van der Waals surface area contributed by atoms with Crippen LogP contribution in [0.2, 0.25) is 0 Å². The molecule has 5 nitrogen and oxygen atoms in total. The number of benzene rings is 1. The molecule has 0 saturated heterocycles. The van der Waals surface area contributed by atoms with Crippen molar-refractivity contribution >= 4 is 18.4 Å². The fourth-order valence-corrected chi connectivity index (χ4v) is 1.49. The van der Waals surface area contributed by atoms with E-state index in [0.717, 1.165) is 25.7 Å². The molecule has 1 aromatic rings. The molecule has 5 heteroatoms. The summed E-state index contributed by atoms with van der Waals surface area (Å²) < 4.78 is 4.93. The van der Waals surface area contributed by atoms with E-state index in [1.54, 1.807) is 14.0 Å². The third-order valence-corrected chi connectivity index (χ3v) is 3.18. The van der Waals surface area contributed by atoms with Gasteiger partial charge in [0.15, 0.2) is 0 Å². The predicted molar refractivity (Wildman–Crippen MR) is 102 cm³/mol. The average Bonchev–Trinajstić information content (AvgIpc) is 2.60. The van der Waals surface area contributed by atoms with Gasteiger partial charge in [0.25, 0.3) is 0 Å². The van der Waals surface area contributed by atoms with Crippen LogP contribution in [0.4, 0.5) is 0 Å². The van der Waals surface area contributed by atoms with Crippen molar-refractivity contribution in [3.8, 4) is 0 Å². The number of nitrogens with zero attached hydrogens (tertiary/aromatic N) is 1. The summed E-state index contributed by atoms with van der Waals surface area (Å²) >= 11 is 0. The lowest BCUT2D eigenvalue weighted by Gasteiger charge is -2.06. The molecule has 25 heavy (non-hydrogen) atoms. The minimum atomic E-state index is -0.417. The first-order valence-corrected chi connectivity index (χ1v) is 8.45. The van der Waals surface area contributed by atoms with E-state index in [1.165, 1.54) is 12.5 Å². The first-order chi connectivity index (χ1) is 11.9. The van der Waals surface area contributed by atoms with Gasteiger partial charge in [-0.15, -0.1) is 0 Å². The van der Waals surface area contributed by atoms with Crippen molar-refractivity contribution in [3.05, 3.63) is 35.9 Å². The molecule has 0 N–H and O–H groups in total. The number of hydrogen-bond donors (Lipinski definition) is 0. The molecule has 1 atom stereocenters. The Morgan fingerprint density at radius 1 is 1.16 bits per heavy atom. The van der Waals surface area contributed by atoms with E-state index < -0.39 is 5.92 Å². The topological polar surface area (TPSA) is 63.7 Å². The first kappa shape index (κ1) is 25.4. The van der Waals surface area contributed by atoms with Gasteiger partial charge in [-0.3, -0.25) is 4.79 Å². The summed E-state index contributed by atoms with van der Waals surface area (Å²) in [4.78, 5) is 31.8. The Balaban J connectivity index is 0. The molecular weight excluding hydrogens is 318 g/mol. The molecule has 1 rings (SSSR count). The number of carbonyl (C=O) groups excluding carboxylic acids is 3. The second-order valence-corrected chi connectivity index (χ2v) is 5.92. The number of aldehydes is 2. The summed E-state index contributed by atoms with van der Waals surface area (Å²) in [5, 5.41) is 0. The fraction of sp³-hybridized carbons (Fsp3) is 0.550. The minimum absolute atomic E-state index is 0.0741. The molecule has 0 fully saturated rings. The molecule has 0 bridgehead atoms. The van der Waals surface area contributed by atoms with Crippen molar-refractivity contribution in [1.29, 1.82) is 0 Å². The summed E-state index contributed by atoms with van der Waals surface area (Å²) in [5.41, 5.74) is 1.22. The van der Waals surface area contributed by atoms with Crippen molar-refractivity contribution in [2.45, 2.75) is 39.7 Å². The SMILES string of the molecule is CC(=O)C(C)C=O.CN(C)CCCCC=O.COCc1ccccc1. The molecule has 0 radical (unpaired) electrons. The Morgan fingerprint density at radius 3 is 2.12 bits per heavy atom. The average molecular weight is 351 g/mol. The quantitative estimate of drug-likeness (QED) is 0.388. The van der Waals surface area contributed by atoms with Crippen LogP contribution in [0.15, 0.2) is 30.3 Å². The van der Waals surface area contributed by atoms with Crippen molar-refractivity contribution in [1.82, 2.24) is 4.90 Å². The molecule has 0 heterocycles. The minimum Gasteiger partial charge on any atom is -0.380 e. The van der Waals surface area contributed by atoms with Crippen molar-refractivity contribution in [2.75, 3.05) is 27.7 Å². The number of unbranched alkanes of at least 4 members (excludes halogenated alkanes) is 2. The van der Waals surface area contributed by atoms with E-state index in [9.17, 15) is 14.4 Å². The summed E-state index contributed by atoms with van der Waals surface area (Å²) in [6.45, 7) is 4.78. The number of ketones is 1. The Morgan fingerprint density at radius 2 is 1.76 bits per heavy atom. The lowest BCUT2D eigenvalue weighted by atomic mass is 10.1. The van der Waals surface area contributed by atoms with Gasteiger partial charge >= 0.3 is 0 Å². The standard InChI is InChI=1S/C8H10O.C7H15NO.C5H8O2/c1-9-7-8-5-3-2-4-6-8;1-8(2)6-4-3-5-7-9;1-4(3-6)5(2)7/h2-6H,7H2,1H3;7H,3-6H2,1-2H3;3-4H,1-2H3. The molecule has 0 aliphatic heterocycles. The molecule has 1 unspecified atom stereocenters. The van der Waals surface area contributed by atoms with Crippen LogP contribution in [0.5, 0.6) is 0 Å². The maximum atomic E-state index is 10.1. The van der Waals surface area contributed by atoms with E-state index in [4.69, 9.17) is 4.74 Å². The van der Waals surface area contributed by atoms with Crippen molar-refractivity contribution in [3.63, 3.8) is 0 Å². The fourth-order valence-electron chi connectivity index (χ4n) is 1.49. The second kappa shape index (κ2) is 18.5. The molecule has 0 saturated carbocycles. The lowest BCUT2D eigenvalue weighted by molar-refractivity contribution is -0.125. The third-order valence-electron chi connectivity index (χ3n) is 3.18. The van der Waals surface area contributed by atoms with E-state index >= 15 is 0 Å². The van der Waals surface area contributed by atoms with Crippen LogP contribution < -0.4 is 0 Å². The van der Waals surface area contributed by atoms with E-state index in [-0.39, 0.29) is 5.78 Å². The first-order valence-electron chi connectivity index (χ1n) is 8.45. The zero-order valence-corrected chi connectivity index (χ0v) is 16.2. The predicted octanol–water partition coefficient (Wildman–Crippen LogP) is 3.16. The molecule has 142 valence electrons. The van der Waals surface area contributed by atoms with Crippen LogP contribution in [0.3, 0.4) is 0 Å². The number of rotatable bonds is 9. The Hall–Kier alpha value is -1.85. The lowest BCUT2D eigenvalue weighted by Crippen LogP contribution is -2.12. The van der Waals surface area contributed by atoms with Gasteiger partial charge < -0.3 is 19.2 Å². The third kappa shape index (κ3) is 20.1. The van der Waals surface area contributed by atoms with Crippen LogP contribution in [0.1, 0.15) is 38.7 Å². The van der Waals surface area contributed by atoms with Gasteiger partial charge in [-0.25, -0.2) is 0 Å². The van der Waals surface area contributed by atoms with Gasteiger partial charge in [0.1, 0.15) is 18.4 Å². The highest BCUT2D eigenvalue weighted by Crippen LogP contribution is 1.98. The van der Waals surface area contributed by atoms with E-state index in [0.29, 0.717) is 19.3 Å². The van der Waals surface area contributed by atoms with E-state index in [2.05, 4.69) is 4.90 Å². The normalized spacial score (nSPS) is 10.6. The monoisotopic (exact) mass is 351 g/mol. The molecule has 0 aliphatic rings. The molecule has 0 aliphatic carbocycles. The molecule has 1 aromatic carbocycles. The summed E-state index contributed by atoms with van der Waals surface area (Å²) in [6.07, 6.45) is 4.50. The maximum absolute atomic E-state index is 10.1. The van der Waals surface area contributed by atoms with Crippen LogP contribution in [-0.4, -0.2) is 51.0 Å². The van der Waals surface area contributed by atoms with Crippen LogP contribution in [0.25, 0.3) is 0 Å². The Labute approximate surface area is 152 Å². The van der Waals surface area contributed by atoms with Gasteiger partial charge in [-0.1, -0.05) is 30.3 Å². The molecule has 0 amide bonds. The van der Waals surface area contributed by atoms with Gasteiger partial charge in [0, 0.05) is 13.5 Å². The van der Waals surface area contributed by atoms with Gasteiger partial charge in [-0.2, -0.15) is 0 Å². The number of ether oxygens (including phenoxy) is 1. The zero-order valence-electron chi connectivity index (χ0n) is 16.2. The van der Waals surface area contributed by atoms with Gasteiger partial charge in [0.2, 0.25) is 0 Å². The largest absolute Gasteiger partial charge is 0.380 e. The van der Waals surface area contributed by atoms with Crippen molar-refractivity contribution < 1.29 is 19.1 Å². The number of methoxy groups -OCH3 is 1. The second-order valence-electron chi connectivity index (χ2n) is 5.92. The number of Topliss-reactive ketones (excluding diaryl/α,β-unsaturated/α-hetero) is 1.